The van der Waals surface area contributed by atoms with E-state index in [0.717, 1.165) is 29.1 Å². The van der Waals surface area contributed by atoms with Crippen LogP contribution >= 0.6 is 11.3 Å². The van der Waals surface area contributed by atoms with Crippen molar-refractivity contribution in [2.45, 2.75) is 52.7 Å². The molecule has 214 valence electrons. The third-order valence-electron chi connectivity index (χ3n) is 7.11. The number of aromatic nitrogens is 1. The molecule has 41 heavy (non-hydrogen) atoms. The highest BCUT2D eigenvalue weighted by Crippen LogP contribution is 2.45. The number of aliphatic hydroxyl groups is 1. The fourth-order valence-electron chi connectivity index (χ4n) is 5.02. The van der Waals surface area contributed by atoms with Crippen molar-refractivity contribution in [3.63, 3.8) is 0 Å². The number of benzene rings is 2. The third-order valence-corrected chi connectivity index (χ3v) is 8.25. The zero-order valence-corrected chi connectivity index (χ0v) is 24.4. The number of thiazole rings is 1. The number of aryl methyl sites for hydroxylation is 1. The van der Waals surface area contributed by atoms with E-state index in [1.807, 2.05) is 6.92 Å². The molecule has 1 amide bonds. The highest BCUT2D eigenvalue weighted by molar-refractivity contribution is 7.17. The van der Waals surface area contributed by atoms with Gasteiger partial charge in [0.2, 0.25) is 0 Å². The quantitative estimate of drug-likeness (QED) is 0.159. The maximum Gasteiger partial charge on any atom is 0.350 e. The van der Waals surface area contributed by atoms with Gasteiger partial charge in [0.15, 0.2) is 5.13 Å². The average molecular weight is 577 g/mol. The maximum absolute atomic E-state index is 13.6. The van der Waals surface area contributed by atoms with Crippen LogP contribution in [0.3, 0.4) is 0 Å². The Hall–Kier alpha value is -4.18. The monoisotopic (exact) mass is 576 g/mol. The molecule has 0 saturated carbocycles. The van der Waals surface area contributed by atoms with Crippen molar-refractivity contribution in [2.24, 2.45) is 5.92 Å². The number of amides is 1. The Bertz CT molecular complexity index is 1560. The molecule has 2 aliphatic heterocycles. The number of esters is 1. The molecule has 2 aliphatic rings. The first-order valence-electron chi connectivity index (χ1n) is 13.5. The molecular weight excluding hydrogens is 544 g/mol. The van der Waals surface area contributed by atoms with Crippen LogP contribution in [0.15, 0.2) is 48.0 Å². The Kier molecular flexibility index (Phi) is 7.86. The van der Waals surface area contributed by atoms with Gasteiger partial charge in [0.05, 0.1) is 31.0 Å². The number of methoxy groups -OCH3 is 1. The third kappa shape index (κ3) is 5.44. The first-order valence-corrected chi connectivity index (χ1v) is 14.3. The van der Waals surface area contributed by atoms with E-state index in [9.17, 15) is 19.5 Å². The van der Waals surface area contributed by atoms with Gasteiger partial charge >= 0.3 is 11.9 Å². The summed E-state index contributed by atoms with van der Waals surface area (Å²) in [5.74, 6) is -0.834. The molecule has 2 aromatic carbocycles. The number of ether oxygens (including phenoxy) is 3. The van der Waals surface area contributed by atoms with Gasteiger partial charge < -0.3 is 19.3 Å². The highest BCUT2D eigenvalue weighted by Gasteiger charge is 2.48. The highest BCUT2D eigenvalue weighted by atomic mass is 32.1. The SMILES string of the molecule is COC(=O)c1sc(N2C(=O)C(=O)C(=C(O)c3ccc4c(c3)C[C@@H](C)O4)[C@H]2c2cccc(OCCC(C)C)c2)nc1C. The predicted molar refractivity (Wildman–Crippen MR) is 155 cm³/mol. The van der Waals surface area contributed by atoms with E-state index >= 15 is 0 Å². The van der Waals surface area contributed by atoms with Crippen LogP contribution in [0.2, 0.25) is 0 Å². The van der Waals surface area contributed by atoms with Crippen LogP contribution in [0.25, 0.3) is 5.76 Å². The second kappa shape index (κ2) is 11.4. The summed E-state index contributed by atoms with van der Waals surface area (Å²) in [6.07, 6.45) is 1.53. The van der Waals surface area contributed by atoms with E-state index in [-0.39, 0.29) is 27.4 Å². The number of carbonyl (C=O) groups is 3. The van der Waals surface area contributed by atoms with Crippen molar-refractivity contribution >= 4 is 39.9 Å². The van der Waals surface area contributed by atoms with E-state index in [2.05, 4.69) is 18.8 Å². The van der Waals surface area contributed by atoms with Crippen molar-refractivity contribution in [2.75, 3.05) is 18.6 Å². The number of hydrogen-bond acceptors (Lipinski definition) is 9. The molecule has 0 bridgehead atoms. The summed E-state index contributed by atoms with van der Waals surface area (Å²) >= 11 is 0.956. The Labute approximate surface area is 242 Å². The van der Waals surface area contributed by atoms with Crippen LogP contribution in [-0.4, -0.2) is 47.6 Å². The van der Waals surface area contributed by atoms with E-state index < -0.39 is 23.7 Å². The molecule has 10 heteroatoms. The lowest BCUT2D eigenvalue weighted by molar-refractivity contribution is -0.132. The molecule has 1 fully saturated rings. The number of ketones is 1. The number of rotatable bonds is 8. The number of Topliss-reactive ketones (excluding diaryl/α,β-unsaturated/α-hetero) is 1. The summed E-state index contributed by atoms with van der Waals surface area (Å²) in [6, 6.07) is 11.3. The van der Waals surface area contributed by atoms with Crippen molar-refractivity contribution in [3.05, 3.63) is 75.3 Å². The molecule has 5 rings (SSSR count). The summed E-state index contributed by atoms with van der Waals surface area (Å²) < 4.78 is 16.6. The Morgan fingerprint density at radius 3 is 2.73 bits per heavy atom. The number of anilines is 1. The molecule has 2 atom stereocenters. The Morgan fingerprint density at radius 1 is 1.22 bits per heavy atom. The maximum atomic E-state index is 13.6. The number of fused-ring (bicyclic) bond motifs is 1. The molecule has 1 aromatic heterocycles. The van der Waals surface area contributed by atoms with Gasteiger partial charge in [-0.2, -0.15) is 0 Å². The zero-order chi connectivity index (χ0) is 29.4. The van der Waals surface area contributed by atoms with Gasteiger partial charge in [-0.15, -0.1) is 0 Å². The minimum absolute atomic E-state index is 0.00330. The molecule has 0 radical (unpaired) electrons. The standard InChI is InChI=1S/C31H32N2O7S/c1-16(2)11-12-39-22-8-6-7-19(15-22)25-24(26(34)20-9-10-23-21(14-20)13-17(3)40-23)27(35)29(36)33(25)31-32-18(4)28(41-31)30(37)38-5/h6-10,14-17,25,34H,11-13H2,1-5H3/t17-,25-/m1/s1. The van der Waals surface area contributed by atoms with Gasteiger partial charge in [-0.25, -0.2) is 9.78 Å². The number of aliphatic hydroxyl groups excluding tert-OH is 1. The molecule has 0 spiro atoms. The molecule has 1 N–H and O–H groups in total. The summed E-state index contributed by atoms with van der Waals surface area (Å²) in [6.45, 7) is 8.31. The van der Waals surface area contributed by atoms with E-state index in [1.54, 1.807) is 49.4 Å². The normalized spacial score (nSPS) is 19.4. The van der Waals surface area contributed by atoms with E-state index in [4.69, 9.17) is 14.2 Å². The lowest BCUT2D eigenvalue weighted by Gasteiger charge is -2.23. The predicted octanol–water partition coefficient (Wildman–Crippen LogP) is 5.61. The molecule has 9 nitrogen and oxygen atoms in total. The smallest absolute Gasteiger partial charge is 0.350 e. The molecule has 3 heterocycles. The van der Waals surface area contributed by atoms with Crippen molar-refractivity contribution < 1.29 is 33.7 Å². The lowest BCUT2D eigenvalue weighted by Crippen LogP contribution is -2.29. The molecule has 0 aliphatic carbocycles. The average Bonchev–Trinajstić information content (AvgIpc) is 3.59. The Balaban J connectivity index is 1.64. The number of nitrogens with zero attached hydrogens (tertiary/aromatic N) is 2. The van der Waals surface area contributed by atoms with E-state index in [1.165, 1.54) is 12.0 Å². The van der Waals surface area contributed by atoms with Crippen LogP contribution in [0.1, 0.15) is 65.3 Å². The number of hydrogen-bond donors (Lipinski definition) is 1. The minimum atomic E-state index is -1.01. The fourth-order valence-corrected chi connectivity index (χ4v) is 6.04. The fraction of sp³-hybridized carbons (Fsp3) is 0.355. The Morgan fingerprint density at radius 2 is 2.00 bits per heavy atom. The van der Waals surface area contributed by atoms with Gasteiger partial charge in [0.1, 0.15) is 28.2 Å². The van der Waals surface area contributed by atoms with Crippen molar-refractivity contribution in [1.29, 1.82) is 0 Å². The molecule has 1 saturated heterocycles. The summed E-state index contributed by atoms with van der Waals surface area (Å²) in [5.41, 5.74) is 2.16. The van der Waals surface area contributed by atoms with Crippen LogP contribution in [0, 0.1) is 12.8 Å². The van der Waals surface area contributed by atoms with Gasteiger partial charge in [0, 0.05) is 12.0 Å². The van der Waals surface area contributed by atoms with Gasteiger partial charge in [-0.1, -0.05) is 37.3 Å². The van der Waals surface area contributed by atoms with Crippen LogP contribution in [-0.2, 0) is 20.7 Å². The van der Waals surface area contributed by atoms with Gasteiger partial charge in [-0.3, -0.25) is 14.5 Å². The molecular formula is C31H32N2O7S. The zero-order valence-electron chi connectivity index (χ0n) is 23.6. The van der Waals surface area contributed by atoms with Gasteiger partial charge in [-0.05, 0) is 67.6 Å². The van der Waals surface area contributed by atoms with Crippen LogP contribution in [0.5, 0.6) is 11.5 Å². The van der Waals surface area contributed by atoms with Crippen LogP contribution < -0.4 is 14.4 Å². The van der Waals surface area contributed by atoms with Crippen molar-refractivity contribution in [1.82, 2.24) is 4.98 Å². The summed E-state index contributed by atoms with van der Waals surface area (Å²) in [4.78, 5) is 45.4. The topological polar surface area (TPSA) is 115 Å². The first kappa shape index (κ1) is 28.4. The minimum Gasteiger partial charge on any atom is -0.507 e. The van der Waals surface area contributed by atoms with Crippen molar-refractivity contribution in [3.8, 4) is 11.5 Å². The summed E-state index contributed by atoms with van der Waals surface area (Å²) in [7, 11) is 1.26. The second-order valence-electron chi connectivity index (χ2n) is 10.6. The first-order chi connectivity index (χ1) is 19.6. The lowest BCUT2D eigenvalue weighted by atomic mass is 9.94. The van der Waals surface area contributed by atoms with E-state index in [0.29, 0.717) is 41.5 Å². The molecule has 3 aromatic rings. The second-order valence-corrected chi connectivity index (χ2v) is 11.6. The largest absolute Gasteiger partial charge is 0.507 e. The summed E-state index contributed by atoms with van der Waals surface area (Å²) in [5, 5.41) is 11.7. The number of carbonyl (C=O) groups excluding carboxylic acids is 3. The van der Waals surface area contributed by atoms with Gasteiger partial charge in [0.25, 0.3) is 5.78 Å². The van der Waals surface area contributed by atoms with Crippen LogP contribution in [0.4, 0.5) is 5.13 Å². The molecule has 0 unspecified atom stereocenters.